The van der Waals surface area contributed by atoms with Gasteiger partial charge in [0.05, 0.1) is 11.0 Å². The fourth-order valence-electron chi connectivity index (χ4n) is 2.94. The van der Waals surface area contributed by atoms with Crippen molar-refractivity contribution in [2.75, 3.05) is 0 Å². The number of hydrogen-bond acceptors (Lipinski definition) is 2. The van der Waals surface area contributed by atoms with Gasteiger partial charge in [0.2, 0.25) is 0 Å². The second-order valence-electron chi connectivity index (χ2n) is 5.61. The van der Waals surface area contributed by atoms with E-state index in [1.54, 1.807) is 0 Å². The summed E-state index contributed by atoms with van der Waals surface area (Å²) in [7, 11) is 0. The highest BCUT2D eigenvalue weighted by Crippen LogP contribution is 2.33. The van der Waals surface area contributed by atoms with Gasteiger partial charge in [-0.1, -0.05) is 18.2 Å². The Bertz CT molecular complexity index is 1030. The SMILES string of the molecule is CC(=O)O.Cc1[nH]ccc2c(C)c3nc4ccccc4c3cc12. The van der Waals surface area contributed by atoms with Crippen molar-refractivity contribution in [3.8, 4) is 0 Å². The third kappa shape index (κ3) is 2.63. The number of aliphatic carboxylic acids is 1. The zero-order valence-corrected chi connectivity index (χ0v) is 13.3. The number of nitrogens with zero attached hydrogens (tertiary/aromatic N) is 1. The summed E-state index contributed by atoms with van der Waals surface area (Å²) in [5.74, 6) is -0.833. The minimum atomic E-state index is -0.833. The van der Waals surface area contributed by atoms with Crippen LogP contribution in [0.3, 0.4) is 0 Å². The zero-order chi connectivity index (χ0) is 16.6. The maximum absolute atomic E-state index is 9.00. The van der Waals surface area contributed by atoms with Crippen LogP contribution in [0.1, 0.15) is 18.2 Å². The molecule has 2 aromatic heterocycles. The van der Waals surface area contributed by atoms with Crippen molar-refractivity contribution >= 4 is 38.5 Å². The Morgan fingerprint density at radius 1 is 1.04 bits per heavy atom. The standard InChI is InChI=1S/C17H14N2.C2H4O2/c1-10-12-7-8-18-11(2)14(12)9-15-13-5-3-4-6-16(13)19-17(10)15;1-2(3)4/h3-9,18H,1-2H3;1H3,(H,3,4). The van der Waals surface area contributed by atoms with E-state index < -0.39 is 5.97 Å². The molecule has 0 atom stereocenters. The number of carbonyl (C=O) groups is 1. The van der Waals surface area contributed by atoms with E-state index in [4.69, 9.17) is 14.9 Å². The van der Waals surface area contributed by atoms with Crippen molar-refractivity contribution in [1.29, 1.82) is 0 Å². The summed E-state index contributed by atoms with van der Waals surface area (Å²) < 4.78 is 0. The summed E-state index contributed by atoms with van der Waals surface area (Å²) in [4.78, 5) is 17.1. The lowest BCUT2D eigenvalue weighted by Gasteiger charge is -2.06. The van der Waals surface area contributed by atoms with E-state index in [9.17, 15) is 0 Å². The van der Waals surface area contributed by atoms with Crippen LogP contribution in [0.15, 0.2) is 42.6 Å². The predicted molar refractivity (Wildman–Crippen MR) is 93.9 cm³/mol. The first-order chi connectivity index (χ1) is 11.0. The molecule has 0 saturated heterocycles. The fourth-order valence-corrected chi connectivity index (χ4v) is 2.94. The summed E-state index contributed by atoms with van der Waals surface area (Å²) in [5.41, 5.74) is 4.67. The van der Waals surface area contributed by atoms with E-state index in [1.165, 1.54) is 32.8 Å². The highest BCUT2D eigenvalue weighted by atomic mass is 16.4. The van der Waals surface area contributed by atoms with Gasteiger partial charge >= 0.3 is 0 Å². The fraction of sp³-hybridized carbons (Fsp3) is 0.158. The lowest BCUT2D eigenvalue weighted by Crippen LogP contribution is -1.87. The number of aryl methyl sites for hydroxylation is 2. The number of rotatable bonds is 0. The van der Waals surface area contributed by atoms with E-state index in [0.717, 1.165) is 18.0 Å². The highest BCUT2D eigenvalue weighted by Gasteiger charge is 2.11. The number of aromatic amines is 1. The van der Waals surface area contributed by atoms with Gasteiger partial charge in [-0.25, -0.2) is 4.98 Å². The largest absolute Gasteiger partial charge is 0.481 e. The molecule has 0 fully saturated rings. The molecule has 2 aromatic carbocycles. The summed E-state index contributed by atoms with van der Waals surface area (Å²) in [6.45, 7) is 5.36. The van der Waals surface area contributed by atoms with Crippen LogP contribution in [0, 0.1) is 13.8 Å². The molecule has 0 radical (unpaired) electrons. The van der Waals surface area contributed by atoms with Crippen LogP contribution in [0.4, 0.5) is 0 Å². The van der Waals surface area contributed by atoms with E-state index in [1.807, 2.05) is 12.3 Å². The van der Waals surface area contributed by atoms with Gasteiger partial charge in [-0.2, -0.15) is 0 Å². The number of para-hydroxylation sites is 1. The van der Waals surface area contributed by atoms with Crippen molar-refractivity contribution < 1.29 is 9.90 Å². The number of aromatic nitrogens is 2. The van der Waals surface area contributed by atoms with E-state index >= 15 is 0 Å². The quantitative estimate of drug-likeness (QED) is 0.500. The van der Waals surface area contributed by atoms with Crippen LogP contribution in [-0.4, -0.2) is 21.0 Å². The molecule has 4 aromatic rings. The number of benzene rings is 2. The second-order valence-corrected chi connectivity index (χ2v) is 5.61. The van der Waals surface area contributed by atoms with Crippen molar-refractivity contribution in [3.05, 3.63) is 53.9 Å². The average Bonchev–Trinajstić information content (AvgIpc) is 2.87. The van der Waals surface area contributed by atoms with Crippen molar-refractivity contribution in [2.24, 2.45) is 0 Å². The van der Waals surface area contributed by atoms with E-state index in [0.29, 0.717) is 0 Å². The van der Waals surface area contributed by atoms with Crippen LogP contribution in [0.2, 0.25) is 0 Å². The van der Waals surface area contributed by atoms with Gasteiger partial charge in [-0.3, -0.25) is 4.79 Å². The van der Waals surface area contributed by atoms with Crippen molar-refractivity contribution in [2.45, 2.75) is 20.8 Å². The van der Waals surface area contributed by atoms with Crippen LogP contribution in [0.5, 0.6) is 0 Å². The monoisotopic (exact) mass is 306 g/mol. The van der Waals surface area contributed by atoms with Crippen LogP contribution in [-0.2, 0) is 4.79 Å². The molecule has 0 saturated carbocycles. The number of carboxylic acids is 1. The molecular formula is C19H18N2O2. The summed E-state index contributed by atoms with van der Waals surface area (Å²) in [5, 5.41) is 12.5. The average molecular weight is 306 g/mol. The molecular weight excluding hydrogens is 288 g/mol. The van der Waals surface area contributed by atoms with Crippen LogP contribution >= 0.6 is 0 Å². The van der Waals surface area contributed by atoms with Gasteiger partial charge in [-0.05, 0) is 43.0 Å². The second kappa shape index (κ2) is 5.72. The highest BCUT2D eigenvalue weighted by molar-refractivity contribution is 6.14. The maximum atomic E-state index is 9.00. The Hall–Kier alpha value is -2.88. The minimum Gasteiger partial charge on any atom is -0.481 e. The number of H-pyrrole nitrogens is 1. The van der Waals surface area contributed by atoms with Gasteiger partial charge in [0.15, 0.2) is 0 Å². The molecule has 0 amide bonds. The normalized spacial score (nSPS) is 10.7. The smallest absolute Gasteiger partial charge is 0.300 e. The molecule has 0 spiro atoms. The molecule has 4 nitrogen and oxygen atoms in total. The van der Waals surface area contributed by atoms with E-state index in [2.05, 4.69) is 49.2 Å². The van der Waals surface area contributed by atoms with Gasteiger partial charge in [0.1, 0.15) is 0 Å². The predicted octanol–water partition coefficient (Wildman–Crippen LogP) is 4.58. The minimum absolute atomic E-state index is 0.833. The Balaban J connectivity index is 0.000000354. The first kappa shape index (κ1) is 15.0. The number of carboxylic acid groups (broad SMARTS) is 1. The van der Waals surface area contributed by atoms with Gasteiger partial charge in [0.25, 0.3) is 5.97 Å². The van der Waals surface area contributed by atoms with Crippen molar-refractivity contribution in [3.63, 3.8) is 0 Å². The van der Waals surface area contributed by atoms with Crippen LogP contribution < -0.4 is 0 Å². The van der Waals surface area contributed by atoms with Gasteiger partial charge in [0, 0.05) is 35.0 Å². The Labute approximate surface area is 133 Å². The summed E-state index contributed by atoms with van der Waals surface area (Å²) in [6, 6.07) is 12.8. The van der Waals surface area contributed by atoms with Crippen molar-refractivity contribution in [1.82, 2.24) is 9.97 Å². The number of pyridine rings is 1. The first-order valence-corrected chi connectivity index (χ1v) is 7.44. The Morgan fingerprint density at radius 3 is 2.48 bits per heavy atom. The summed E-state index contributed by atoms with van der Waals surface area (Å²) in [6.07, 6.45) is 2.00. The zero-order valence-electron chi connectivity index (χ0n) is 13.3. The molecule has 4 heteroatoms. The molecule has 4 rings (SSSR count). The third-order valence-electron chi connectivity index (χ3n) is 3.97. The Kier molecular flexibility index (Phi) is 3.74. The first-order valence-electron chi connectivity index (χ1n) is 7.44. The molecule has 2 N–H and O–H groups in total. The lowest BCUT2D eigenvalue weighted by molar-refractivity contribution is -0.134. The van der Waals surface area contributed by atoms with Gasteiger partial charge in [-0.15, -0.1) is 0 Å². The molecule has 0 aliphatic rings. The molecule has 0 aliphatic heterocycles. The molecule has 0 unspecified atom stereocenters. The number of nitrogens with one attached hydrogen (secondary N) is 1. The third-order valence-corrected chi connectivity index (χ3v) is 3.97. The molecule has 0 aliphatic carbocycles. The number of hydrogen-bond donors (Lipinski definition) is 2. The lowest BCUT2D eigenvalue weighted by atomic mass is 10.0. The van der Waals surface area contributed by atoms with E-state index in [-0.39, 0.29) is 0 Å². The maximum Gasteiger partial charge on any atom is 0.300 e. The topological polar surface area (TPSA) is 66.0 Å². The number of fused-ring (bicyclic) bond motifs is 4. The molecule has 116 valence electrons. The van der Waals surface area contributed by atoms with Crippen LogP contribution in [0.25, 0.3) is 32.6 Å². The molecule has 0 bridgehead atoms. The summed E-state index contributed by atoms with van der Waals surface area (Å²) >= 11 is 0. The molecule has 2 heterocycles. The molecule has 23 heavy (non-hydrogen) atoms. The van der Waals surface area contributed by atoms with Gasteiger partial charge < -0.3 is 10.1 Å². The Morgan fingerprint density at radius 2 is 1.74 bits per heavy atom.